The minimum atomic E-state index is 0.351. The first-order valence-corrected chi connectivity index (χ1v) is 7.55. The Labute approximate surface area is 108 Å². The van der Waals surface area contributed by atoms with E-state index in [-0.39, 0.29) is 0 Å². The molecule has 1 aliphatic rings. The van der Waals surface area contributed by atoms with Gasteiger partial charge >= 0.3 is 0 Å². The molecule has 0 saturated heterocycles. The van der Waals surface area contributed by atoms with E-state index >= 15 is 0 Å². The van der Waals surface area contributed by atoms with Crippen LogP contribution >= 0.6 is 11.8 Å². The van der Waals surface area contributed by atoms with Gasteiger partial charge in [0.15, 0.2) is 5.12 Å². The Morgan fingerprint density at radius 3 is 2.53 bits per heavy atom. The van der Waals surface area contributed by atoms with Crippen molar-refractivity contribution >= 4 is 16.9 Å². The predicted molar refractivity (Wildman–Crippen MR) is 74.2 cm³/mol. The summed E-state index contributed by atoms with van der Waals surface area (Å²) in [6.45, 7) is 0. The molecule has 0 bridgehead atoms. The van der Waals surface area contributed by atoms with Gasteiger partial charge in [-0.2, -0.15) is 0 Å². The molecule has 92 valence electrons. The number of benzene rings is 1. The maximum absolute atomic E-state index is 12.0. The number of aryl methyl sites for hydroxylation is 1. The van der Waals surface area contributed by atoms with Crippen molar-refractivity contribution in [1.29, 1.82) is 0 Å². The average Bonchev–Trinajstić information content (AvgIpc) is 2.41. The van der Waals surface area contributed by atoms with Crippen LogP contribution in [-0.4, -0.2) is 10.9 Å². The summed E-state index contributed by atoms with van der Waals surface area (Å²) in [5, 5.41) is 0.431. The molecule has 0 aromatic heterocycles. The van der Waals surface area contributed by atoms with Crippen molar-refractivity contribution < 1.29 is 4.79 Å². The molecule has 1 aromatic carbocycles. The van der Waals surface area contributed by atoms with Crippen LogP contribution in [0.15, 0.2) is 30.3 Å². The Kier molecular flexibility index (Phi) is 5.11. The van der Waals surface area contributed by atoms with Crippen molar-refractivity contribution in [2.24, 2.45) is 5.92 Å². The highest BCUT2D eigenvalue weighted by Gasteiger charge is 2.20. The first-order valence-electron chi connectivity index (χ1n) is 6.57. The number of carbonyl (C=O) groups excluding carboxylic acids is 1. The second-order valence-electron chi connectivity index (χ2n) is 4.74. The van der Waals surface area contributed by atoms with Gasteiger partial charge in [-0.1, -0.05) is 61.4 Å². The standard InChI is InChI=1S/C15H20OS/c16-15(14-9-5-2-6-10-14)17-12-11-13-7-3-1-4-8-13/h1,3-4,7-8,14H,2,5-6,9-12H2. The van der Waals surface area contributed by atoms with E-state index in [0.29, 0.717) is 11.0 Å². The fourth-order valence-corrected chi connectivity index (χ4v) is 3.38. The summed E-state index contributed by atoms with van der Waals surface area (Å²) in [4.78, 5) is 12.0. The molecule has 1 aromatic rings. The van der Waals surface area contributed by atoms with Gasteiger partial charge in [0.05, 0.1) is 0 Å². The monoisotopic (exact) mass is 248 g/mol. The average molecular weight is 248 g/mol. The van der Waals surface area contributed by atoms with Crippen LogP contribution in [0.2, 0.25) is 0 Å². The summed E-state index contributed by atoms with van der Waals surface area (Å²) in [6, 6.07) is 10.4. The Balaban J connectivity index is 1.69. The zero-order valence-corrected chi connectivity index (χ0v) is 11.0. The van der Waals surface area contributed by atoms with Crippen LogP contribution in [0.1, 0.15) is 37.7 Å². The second-order valence-corrected chi connectivity index (χ2v) is 5.84. The van der Waals surface area contributed by atoms with Crippen molar-refractivity contribution in [3.63, 3.8) is 0 Å². The highest BCUT2D eigenvalue weighted by Crippen LogP contribution is 2.28. The van der Waals surface area contributed by atoms with Crippen molar-refractivity contribution in [3.8, 4) is 0 Å². The van der Waals surface area contributed by atoms with Gasteiger partial charge in [-0.3, -0.25) is 4.79 Å². The maximum atomic E-state index is 12.0. The fraction of sp³-hybridized carbons (Fsp3) is 0.533. The van der Waals surface area contributed by atoms with Crippen molar-refractivity contribution in [3.05, 3.63) is 35.9 Å². The SMILES string of the molecule is O=C(SCCc1ccccc1)C1CCCCC1. The normalized spacial score (nSPS) is 16.9. The molecule has 2 rings (SSSR count). The number of thioether (sulfide) groups is 1. The van der Waals surface area contributed by atoms with Gasteiger partial charge < -0.3 is 0 Å². The zero-order valence-electron chi connectivity index (χ0n) is 10.2. The molecule has 1 nitrogen and oxygen atoms in total. The smallest absolute Gasteiger partial charge is 0.192 e. The Hall–Kier alpha value is -0.760. The molecule has 17 heavy (non-hydrogen) atoms. The molecule has 0 N–H and O–H groups in total. The molecule has 0 spiro atoms. The Bertz CT molecular complexity index is 341. The summed E-state index contributed by atoms with van der Waals surface area (Å²) in [5.41, 5.74) is 1.33. The molecule has 0 atom stereocenters. The van der Waals surface area contributed by atoms with E-state index in [2.05, 4.69) is 24.3 Å². The van der Waals surface area contributed by atoms with Crippen LogP contribution in [-0.2, 0) is 11.2 Å². The third-order valence-electron chi connectivity index (χ3n) is 3.42. The lowest BCUT2D eigenvalue weighted by Gasteiger charge is -2.19. The van der Waals surface area contributed by atoms with E-state index in [0.717, 1.165) is 25.0 Å². The van der Waals surface area contributed by atoms with E-state index in [9.17, 15) is 4.79 Å². The lowest BCUT2D eigenvalue weighted by atomic mass is 9.90. The van der Waals surface area contributed by atoms with E-state index in [1.165, 1.54) is 36.6 Å². The maximum Gasteiger partial charge on any atom is 0.192 e. The molecule has 1 saturated carbocycles. The van der Waals surface area contributed by atoms with E-state index in [4.69, 9.17) is 0 Å². The first kappa shape index (κ1) is 12.7. The van der Waals surface area contributed by atoms with Crippen molar-refractivity contribution in [2.75, 3.05) is 5.75 Å². The van der Waals surface area contributed by atoms with Gasteiger partial charge in [0, 0.05) is 11.7 Å². The molecule has 0 aliphatic heterocycles. The lowest BCUT2D eigenvalue weighted by molar-refractivity contribution is -0.115. The topological polar surface area (TPSA) is 17.1 Å². The Morgan fingerprint density at radius 1 is 1.12 bits per heavy atom. The van der Waals surface area contributed by atoms with Crippen molar-refractivity contribution in [1.82, 2.24) is 0 Å². The fourth-order valence-electron chi connectivity index (χ4n) is 2.37. The third-order valence-corrected chi connectivity index (χ3v) is 4.44. The minimum Gasteiger partial charge on any atom is -0.287 e. The predicted octanol–water partition coefficient (Wildman–Crippen LogP) is 4.07. The van der Waals surface area contributed by atoms with Gasteiger partial charge in [-0.15, -0.1) is 0 Å². The quantitative estimate of drug-likeness (QED) is 0.799. The van der Waals surface area contributed by atoms with Crippen LogP contribution in [0.3, 0.4) is 0 Å². The molecule has 0 radical (unpaired) electrons. The van der Waals surface area contributed by atoms with E-state index in [1.54, 1.807) is 0 Å². The molecule has 0 heterocycles. The number of carbonyl (C=O) groups is 1. The zero-order chi connectivity index (χ0) is 11.9. The Morgan fingerprint density at radius 2 is 1.82 bits per heavy atom. The van der Waals surface area contributed by atoms with Gasteiger partial charge in [0.1, 0.15) is 0 Å². The highest BCUT2D eigenvalue weighted by molar-refractivity contribution is 8.13. The number of hydrogen-bond donors (Lipinski definition) is 0. The van der Waals surface area contributed by atoms with Crippen LogP contribution in [0.4, 0.5) is 0 Å². The number of rotatable bonds is 4. The minimum absolute atomic E-state index is 0.351. The molecule has 1 aliphatic carbocycles. The van der Waals surface area contributed by atoms with Crippen LogP contribution in [0.25, 0.3) is 0 Å². The van der Waals surface area contributed by atoms with Crippen LogP contribution in [0, 0.1) is 5.92 Å². The van der Waals surface area contributed by atoms with Gasteiger partial charge in [0.25, 0.3) is 0 Å². The summed E-state index contributed by atoms with van der Waals surface area (Å²) < 4.78 is 0. The summed E-state index contributed by atoms with van der Waals surface area (Å²) in [6.07, 6.45) is 7.06. The number of hydrogen-bond acceptors (Lipinski definition) is 2. The molecular weight excluding hydrogens is 228 g/mol. The molecule has 0 unspecified atom stereocenters. The van der Waals surface area contributed by atoms with Crippen LogP contribution < -0.4 is 0 Å². The molecule has 2 heteroatoms. The van der Waals surface area contributed by atoms with Gasteiger partial charge in [-0.05, 0) is 24.8 Å². The first-order chi connectivity index (χ1) is 8.36. The molecule has 1 fully saturated rings. The molecular formula is C15H20OS. The summed E-state index contributed by atoms with van der Waals surface area (Å²) >= 11 is 1.54. The van der Waals surface area contributed by atoms with Gasteiger partial charge in [0.2, 0.25) is 0 Å². The van der Waals surface area contributed by atoms with E-state index in [1.807, 2.05) is 6.07 Å². The summed E-state index contributed by atoms with van der Waals surface area (Å²) in [7, 11) is 0. The van der Waals surface area contributed by atoms with Crippen LogP contribution in [0.5, 0.6) is 0 Å². The third kappa shape index (κ3) is 4.19. The van der Waals surface area contributed by atoms with Crippen molar-refractivity contribution in [2.45, 2.75) is 38.5 Å². The lowest BCUT2D eigenvalue weighted by Crippen LogP contribution is -2.15. The largest absolute Gasteiger partial charge is 0.287 e. The molecule has 0 amide bonds. The van der Waals surface area contributed by atoms with E-state index < -0.39 is 0 Å². The summed E-state index contributed by atoms with van der Waals surface area (Å²) in [5.74, 6) is 1.28. The van der Waals surface area contributed by atoms with Gasteiger partial charge in [-0.25, -0.2) is 0 Å². The highest BCUT2D eigenvalue weighted by atomic mass is 32.2. The second kappa shape index (κ2) is 6.85.